The molecule has 1 saturated heterocycles. The van der Waals surface area contributed by atoms with E-state index in [0.717, 1.165) is 43.2 Å². The quantitative estimate of drug-likeness (QED) is 0.874. The SMILES string of the molecule is CCc1c(C)nc(C2(C)CCCO2)nc1NC. The van der Waals surface area contributed by atoms with E-state index in [0.29, 0.717) is 0 Å². The number of aromatic nitrogens is 2. The van der Waals surface area contributed by atoms with Crippen molar-refractivity contribution in [2.45, 2.75) is 45.6 Å². The van der Waals surface area contributed by atoms with Crippen molar-refractivity contribution in [2.75, 3.05) is 19.0 Å². The van der Waals surface area contributed by atoms with Gasteiger partial charge >= 0.3 is 0 Å². The lowest BCUT2D eigenvalue weighted by Crippen LogP contribution is -2.25. The minimum absolute atomic E-state index is 0.303. The van der Waals surface area contributed by atoms with Crippen molar-refractivity contribution >= 4 is 5.82 Å². The average molecular weight is 235 g/mol. The smallest absolute Gasteiger partial charge is 0.162 e. The fraction of sp³-hybridized carbons (Fsp3) is 0.692. The topological polar surface area (TPSA) is 47.0 Å². The summed E-state index contributed by atoms with van der Waals surface area (Å²) in [7, 11) is 1.91. The van der Waals surface area contributed by atoms with Gasteiger partial charge in [-0.25, -0.2) is 9.97 Å². The van der Waals surface area contributed by atoms with Crippen LogP contribution in [0.3, 0.4) is 0 Å². The Labute approximate surface area is 103 Å². The molecule has 0 aromatic carbocycles. The molecule has 1 atom stereocenters. The highest BCUT2D eigenvalue weighted by atomic mass is 16.5. The summed E-state index contributed by atoms with van der Waals surface area (Å²) in [5, 5.41) is 3.16. The van der Waals surface area contributed by atoms with Crippen LogP contribution in [0.2, 0.25) is 0 Å². The van der Waals surface area contributed by atoms with E-state index in [2.05, 4.69) is 29.1 Å². The van der Waals surface area contributed by atoms with Crippen LogP contribution in [0, 0.1) is 6.92 Å². The Morgan fingerprint density at radius 1 is 1.41 bits per heavy atom. The van der Waals surface area contributed by atoms with Crippen LogP contribution in [0.5, 0.6) is 0 Å². The van der Waals surface area contributed by atoms with Crippen molar-refractivity contribution in [1.29, 1.82) is 0 Å². The lowest BCUT2D eigenvalue weighted by Gasteiger charge is -2.23. The Balaban J connectivity index is 2.46. The number of nitrogens with one attached hydrogen (secondary N) is 1. The molecule has 0 spiro atoms. The van der Waals surface area contributed by atoms with Gasteiger partial charge in [0.25, 0.3) is 0 Å². The first kappa shape index (κ1) is 12.3. The zero-order chi connectivity index (χ0) is 12.5. The number of hydrogen-bond donors (Lipinski definition) is 1. The van der Waals surface area contributed by atoms with Crippen LogP contribution in [0.15, 0.2) is 0 Å². The maximum absolute atomic E-state index is 5.80. The third-order valence-electron chi connectivity index (χ3n) is 3.50. The summed E-state index contributed by atoms with van der Waals surface area (Å²) in [6, 6.07) is 0. The summed E-state index contributed by atoms with van der Waals surface area (Å²) >= 11 is 0. The van der Waals surface area contributed by atoms with Gasteiger partial charge in [-0.3, -0.25) is 0 Å². The molecule has 0 radical (unpaired) electrons. The highest BCUT2D eigenvalue weighted by molar-refractivity contribution is 5.46. The van der Waals surface area contributed by atoms with Gasteiger partial charge in [0.05, 0.1) is 0 Å². The molecule has 0 amide bonds. The van der Waals surface area contributed by atoms with E-state index < -0.39 is 0 Å². The standard InChI is InChI=1S/C13H21N3O/c1-5-10-9(2)15-12(16-11(10)14-4)13(3)7-6-8-17-13/h5-8H2,1-4H3,(H,14,15,16). The van der Waals surface area contributed by atoms with Crippen molar-refractivity contribution in [1.82, 2.24) is 9.97 Å². The first-order chi connectivity index (χ1) is 8.10. The number of aryl methyl sites for hydroxylation is 1. The van der Waals surface area contributed by atoms with Gasteiger partial charge in [0.2, 0.25) is 0 Å². The van der Waals surface area contributed by atoms with E-state index >= 15 is 0 Å². The number of hydrogen-bond acceptors (Lipinski definition) is 4. The third-order valence-corrected chi connectivity index (χ3v) is 3.50. The molecule has 2 rings (SSSR count). The van der Waals surface area contributed by atoms with Gasteiger partial charge in [-0.1, -0.05) is 6.92 Å². The number of rotatable bonds is 3. The second kappa shape index (κ2) is 4.61. The minimum Gasteiger partial charge on any atom is -0.373 e. The monoisotopic (exact) mass is 235 g/mol. The van der Waals surface area contributed by atoms with Crippen LogP contribution >= 0.6 is 0 Å². The summed E-state index contributed by atoms with van der Waals surface area (Å²) in [5.41, 5.74) is 1.94. The molecule has 1 aromatic heterocycles. The van der Waals surface area contributed by atoms with Crippen molar-refractivity contribution in [3.05, 3.63) is 17.1 Å². The van der Waals surface area contributed by atoms with Crippen LogP contribution in [-0.2, 0) is 16.8 Å². The summed E-state index contributed by atoms with van der Waals surface area (Å²) in [4.78, 5) is 9.26. The van der Waals surface area contributed by atoms with Gasteiger partial charge in [-0.15, -0.1) is 0 Å². The molecule has 1 fully saturated rings. The summed E-state index contributed by atoms with van der Waals surface area (Å²) < 4.78 is 5.80. The molecular formula is C13H21N3O. The van der Waals surface area contributed by atoms with Gasteiger partial charge in [-0.05, 0) is 33.1 Å². The lowest BCUT2D eigenvalue weighted by atomic mass is 10.0. The highest BCUT2D eigenvalue weighted by Gasteiger charge is 2.35. The molecule has 17 heavy (non-hydrogen) atoms. The van der Waals surface area contributed by atoms with E-state index in [-0.39, 0.29) is 5.60 Å². The Bertz CT molecular complexity index is 411. The molecule has 4 heteroatoms. The van der Waals surface area contributed by atoms with Crippen LogP contribution in [-0.4, -0.2) is 23.6 Å². The Morgan fingerprint density at radius 3 is 2.71 bits per heavy atom. The van der Waals surface area contributed by atoms with Gasteiger partial charge in [0, 0.05) is 24.9 Å². The first-order valence-corrected chi connectivity index (χ1v) is 6.30. The van der Waals surface area contributed by atoms with Gasteiger partial charge < -0.3 is 10.1 Å². The largest absolute Gasteiger partial charge is 0.373 e. The molecule has 1 unspecified atom stereocenters. The summed E-state index contributed by atoms with van der Waals surface area (Å²) in [5.74, 6) is 1.75. The maximum atomic E-state index is 5.80. The maximum Gasteiger partial charge on any atom is 0.162 e. The highest BCUT2D eigenvalue weighted by Crippen LogP contribution is 2.34. The zero-order valence-corrected chi connectivity index (χ0v) is 11.1. The molecule has 0 aliphatic carbocycles. The zero-order valence-electron chi connectivity index (χ0n) is 11.1. The van der Waals surface area contributed by atoms with Crippen molar-refractivity contribution < 1.29 is 4.74 Å². The van der Waals surface area contributed by atoms with E-state index in [1.807, 2.05) is 14.0 Å². The van der Waals surface area contributed by atoms with Crippen molar-refractivity contribution in [2.24, 2.45) is 0 Å². The molecule has 94 valence electrons. The number of anilines is 1. The van der Waals surface area contributed by atoms with E-state index in [1.165, 1.54) is 5.56 Å². The molecule has 2 heterocycles. The second-order valence-electron chi connectivity index (χ2n) is 4.75. The van der Waals surface area contributed by atoms with E-state index in [4.69, 9.17) is 4.74 Å². The molecule has 1 aliphatic heterocycles. The molecule has 4 nitrogen and oxygen atoms in total. The molecule has 1 aliphatic rings. The van der Waals surface area contributed by atoms with Crippen LogP contribution in [0.25, 0.3) is 0 Å². The van der Waals surface area contributed by atoms with Gasteiger partial charge in [0.1, 0.15) is 11.4 Å². The van der Waals surface area contributed by atoms with Gasteiger partial charge in [0.15, 0.2) is 5.82 Å². The molecule has 1 N–H and O–H groups in total. The normalized spacial score (nSPS) is 24.0. The van der Waals surface area contributed by atoms with Crippen molar-refractivity contribution in [3.8, 4) is 0 Å². The molecular weight excluding hydrogens is 214 g/mol. The fourth-order valence-corrected chi connectivity index (χ4v) is 2.42. The Hall–Kier alpha value is -1.16. The molecule has 1 aromatic rings. The Kier molecular flexibility index (Phi) is 3.33. The fourth-order valence-electron chi connectivity index (χ4n) is 2.42. The average Bonchev–Trinajstić information content (AvgIpc) is 2.76. The predicted octanol–water partition coefficient (Wildman–Crippen LogP) is 2.41. The summed E-state index contributed by atoms with van der Waals surface area (Å²) in [6.07, 6.45) is 3.03. The van der Waals surface area contributed by atoms with Crippen LogP contribution in [0.4, 0.5) is 5.82 Å². The molecule has 0 saturated carbocycles. The molecule has 0 bridgehead atoms. The third kappa shape index (κ3) is 2.14. The van der Waals surface area contributed by atoms with E-state index in [1.54, 1.807) is 0 Å². The Morgan fingerprint density at radius 2 is 2.18 bits per heavy atom. The number of nitrogens with zero attached hydrogens (tertiary/aromatic N) is 2. The minimum atomic E-state index is -0.303. The predicted molar refractivity (Wildman–Crippen MR) is 68.2 cm³/mol. The summed E-state index contributed by atoms with van der Waals surface area (Å²) in [6.45, 7) is 7.06. The van der Waals surface area contributed by atoms with Crippen LogP contribution in [0.1, 0.15) is 43.8 Å². The van der Waals surface area contributed by atoms with Crippen LogP contribution < -0.4 is 5.32 Å². The van der Waals surface area contributed by atoms with Crippen molar-refractivity contribution in [3.63, 3.8) is 0 Å². The van der Waals surface area contributed by atoms with E-state index in [9.17, 15) is 0 Å². The second-order valence-corrected chi connectivity index (χ2v) is 4.75. The van der Waals surface area contributed by atoms with Gasteiger partial charge in [-0.2, -0.15) is 0 Å². The lowest BCUT2D eigenvalue weighted by molar-refractivity contribution is 0.00928. The first-order valence-electron chi connectivity index (χ1n) is 6.30. The number of ether oxygens (including phenoxy) is 1.